The highest BCUT2D eigenvalue weighted by Gasteiger charge is 2.19. The van der Waals surface area contributed by atoms with Gasteiger partial charge in [-0.25, -0.2) is 13.9 Å². The molecule has 1 atom stereocenters. The summed E-state index contributed by atoms with van der Waals surface area (Å²) in [6.07, 6.45) is 4.04. The van der Waals surface area contributed by atoms with E-state index in [-0.39, 0.29) is 18.1 Å². The molecule has 0 aliphatic carbocycles. The van der Waals surface area contributed by atoms with Crippen LogP contribution in [0.1, 0.15) is 25.3 Å². The Balaban J connectivity index is 1.55. The summed E-state index contributed by atoms with van der Waals surface area (Å²) in [7, 11) is 0. The normalized spacial score (nSPS) is 17.1. The molecule has 4 rings (SSSR count). The number of para-hydroxylation sites is 1. The summed E-state index contributed by atoms with van der Waals surface area (Å²) >= 11 is 0. The van der Waals surface area contributed by atoms with Crippen LogP contribution in [0.3, 0.4) is 0 Å². The van der Waals surface area contributed by atoms with Gasteiger partial charge in [0, 0.05) is 25.0 Å². The van der Waals surface area contributed by atoms with Crippen molar-refractivity contribution in [3.8, 4) is 0 Å². The molecule has 1 amide bonds. The third-order valence-electron chi connectivity index (χ3n) is 5.13. The lowest BCUT2D eigenvalue weighted by molar-refractivity contribution is -0.117. The fourth-order valence-corrected chi connectivity index (χ4v) is 3.61. The van der Waals surface area contributed by atoms with Crippen LogP contribution in [0.4, 0.5) is 11.5 Å². The van der Waals surface area contributed by atoms with Crippen LogP contribution < -0.4 is 15.9 Å². The smallest absolute Gasteiger partial charge is 0.352 e. The Bertz CT molecular complexity index is 1070. The van der Waals surface area contributed by atoms with E-state index in [1.165, 1.54) is 10.8 Å². The molecule has 8 heteroatoms. The van der Waals surface area contributed by atoms with Gasteiger partial charge in [-0.15, -0.1) is 5.10 Å². The predicted molar refractivity (Wildman–Crippen MR) is 108 cm³/mol. The first-order valence-corrected chi connectivity index (χ1v) is 9.58. The molecule has 1 aromatic carbocycles. The van der Waals surface area contributed by atoms with Gasteiger partial charge in [0.25, 0.3) is 5.78 Å². The van der Waals surface area contributed by atoms with Gasteiger partial charge in [0.1, 0.15) is 12.4 Å². The molecular weight excluding hydrogens is 356 g/mol. The molecule has 3 heterocycles. The van der Waals surface area contributed by atoms with Crippen LogP contribution >= 0.6 is 0 Å². The number of anilines is 2. The van der Waals surface area contributed by atoms with Gasteiger partial charge in [0.15, 0.2) is 0 Å². The summed E-state index contributed by atoms with van der Waals surface area (Å²) < 4.78 is 2.52. The van der Waals surface area contributed by atoms with Crippen molar-refractivity contribution in [1.82, 2.24) is 19.2 Å². The Morgan fingerprint density at radius 2 is 2.11 bits per heavy atom. The number of carbonyl (C=O) groups excluding carboxylic acids is 1. The van der Waals surface area contributed by atoms with E-state index in [1.807, 2.05) is 37.3 Å². The molecule has 0 unspecified atom stereocenters. The van der Waals surface area contributed by atoms with Crippen molar-refractivity contribution in [3.63, 3.8) is 0 Å². The number of piperidine rings is 1. The molecule has 1 N–H and O–H groups in total. The first-order chi connectivity index (χ1) is 13.5. The molecule has 2 aromatic heterocycles. The lowest BCUT2D eigenvalue weighted by Crippen LogP contribution is -2.35. The van der Waals surface area contributed by atoms with E-state index < -0.39 is 0 Å². The van der Waals surface area contributed by atoms with Crippen LogP contribution in [0, 0.1) is 12.8 Å². The molecule has 0 spiro atoms. The van der Waals surface area contributed by atoms with E-state index in [0.717, 1.165) is 41.3 Å². The van der Waals surface area contributed by atoms with Gasteiger partial charge < -0.3 is 10.2 Å². The largest absolute Gasteiger partial charge is 0.356 e. The van der Waals surface area contributed by atoms with Gasteiger partial charge in [-0.05, 0) is 43.4 Å². The highest BCUT2D eigenvalue weighted by molar-refractivity contribution is 5.91. The molecule has 3 aromatic rings. The van der Waals surface area contributed by atoms with Gasteiger partial charge in [-0.2, -0.15) is 4.98 Å². The SMILES string of the molecule is Cc1ccccc1NC(=O)Cn1nc2nc(N3CCC[C@H](C)C3)ccn2c1=O. The zero-order chi connectivity index (χ0) is 19.7. The maximum Gasteiger partial charge on any atom is 0.352 e. The Kier molecular flexibility index (Phi) is 4.85. The second kappa shape index (κ2) is 7.46. The van der Waals surface area contributed by atoms with Crippen LogP contribution in [-0.2, 0) is 11.3 Å². The molecule has 1 fully saturated rings. The molecule has 8 nitrogen and oxygen atoms in total. The zero-order valence-corrected chi connectivity index (χ0v) is 16.1. The molecule has 0 radical (unpaired) electrons. The van der Waals surface area contributed by atoms with Gasteiger partial charge >= 0.3 is 5.69 Å². The number of nitrogens with one attached hydrogen (secondary N) is 1. The number of amides is 1. The van der Waals surface area contributed by atoms with E-state index in [0.29, 0.717) is 11.7 Å². The molecule has 1 aliphatic heterocycles. The van der Waals surface area contributed by atoms with E-state index in [2.05, 4.69) is 27.2 Å². The number of fused-ring (bicyclic) bond motifs is 1. The lowest BCUT2D eigenvalue weighted by Gasteiger charge is -2.31. The molecule has 1 aliphatic rings. The maximum atomic E-state index is 12.6. The number of aromatic nitrogens is 4. The summed E-state index contributed by atoms with van der Waals surface area (Å²) in [5.41, 5.74) is 1.31. The predicted octanol–water partition coefficient (Wildman–Crippen LogP) is 2.07. The standard InChI is InChI=1S/C20H24N6O2/c1-14-6-5-10-24(12-14)17-9-11-25-19(22-17)23-26(20(25)28)13-18(27)21-16-8-4-3-7-15(16)2/h3-4,7-9,11,14H,5-6,10,12-13H2,1-2H3,(H,21,27)/t14-/m0/s1. The van der Waals surface area contributed by atoms with Gasteiger partial charge in [0.05, 0.1) is 0 Å². The second-order valence-corrected chi connectivity index (χ2v) is 7.45. The Morgan fingerprint density at radius 1 is 1.29 bits per heavy atom. The van der Waals surface area contributed by atoms with Crippen molar-refractivity contribution in [1.29, 1.82) is 0 Å². The van der Waals surface area contributed by atoms with Crippen LogP contribution in [0.5, 0.6) is 0 Å². The van der Waals surface area contributed by atoms with Gasteiger partial charge in [-0.1, -0.05) is 25.1 Å². The van der Waals surface area contributed by atoms with Crippen molar-refractivity contribution in [2.75, 3.05) is 23.3 Å². The molecule has 0 bridgehead atoms. The molecule has 0 saturated carbocycles. The molecular formula is C20H24N6O2. The molecule has 146 valence electrons. The Morgan fingerprint density at radius 3 is 2.89 bits per heavy atom. The number of carbonyl (C=O) groups is 1. The number of benzene rings is 1. The Hall–Kier alpha value is -3.16. The number of aryl methyl sites for hydroxylation is 1. The third kappa shape index (κ3) is 3.62. The lowest BCUT2D eigenvalue weighted by atomic mass is 10.0. The number of nitrogens with zero attached hydrogens (tertiary/aromatic N) is 5. The highest BCUT2D eigenvalue weighted by Crippen LogP contribution is 2.21. The van der Waals surface area contributed by atoms with Crippen molar-refractivity contribution >= 4 is 23.2 Å². The summed E-state index contributed by atoms with van der Waals surface area (Å²) in [6, 6.07) is 9.34. The van der Waals surface area contributed by atoms with Crippen molar-refractivity contribution in [3.05, 3.63) is 52.6 Å². The van der Waals surface area contributed by atoms with Crippen LogP contribution in [0.2, 0.25) is 0 Å². The fourth-order valence-electron chi connectivity index (χ4n) is 3.61. The monoisotopic (exact) mass is 380 g/mol. The van der Waals surface area contributed by atoms with E-state index in [9.17, 15) is 9.59 Å². The summed E-state index contributed by atoms with van der Waals surface area (Å²) in [4.78, 5) is 31.7. The molecule has 28 heavy (non-hydrogen) atoms. The topological polar surface area (TPSA) is 84.5 Å². The summed E-state index contributed by atoms with van der Waals surface area (Å²) in [6.45, 7) is 5.90. The number of hydrogen-bond donors (Lipinski definition) is 1. The highest BCUT2D eigenvalue weighted by atomic mass is 16.2. The number of rotatable bonds is 4. The van der Waals surface area contributed by atoms with Gasteiger partial charge in [-0.3, -0.25) is 4.79 Å². The fraction of sp³-hybridized carbons (Fsp3) is 0.400. The van der Waals surface area contributed by atoms with Crippen LogP contribution in [0.25, 0.3) is 5.78 Å². The Labute approximate surface area is 162 Å². The van der Waals surface area contributed by atoms with E-state index in [4.69, 9.17) is 0 Å². The van der Waals surface area contributed by atoms with Crippen LogP contribution in [-0.4, -0.2) is 38.2 Å². The first kappa shape index (κ1) is 18.2. The third-order valence-corrected chi connectivity index (χ3v) is 5.13. The minimum absolute atomic E-state index is 0.160. The van der Waals surface area contributed by atoms with Crippen molar-refractivity contribution in [2.24, 2.45) is 5.92 Å². The quantitative estimate of drug-likeness (QED) is 0.749. The van der Waals surface area contributed by atoms with E-state index >= 15 is 0 Å². The van der Waals surface area contributed by atoms with Gasteiger partial charge in [0.2, 0.25) is 5.91 Å². The minimum atomic E-state index is -0.374. The average molecular weight is 380 g/mol. The zero-order valence-electron chi connectivity index (χ0n) is 16.1. The first-order valence-electron chi connectivity index (χ1n) is 9.58. The minimum Gasteiger partial charge on any atom is -0.356 e. The number of hydrogen-bond acceptors (Lipinski definition) is 5. The molecule has 1 saturated heterocycles. The van der Waals surface area contributed by atoms with E-state index in [1.54, 1.807) is 6.20 Å². The van der Waals surface area contributed by atoms with Crippen molar-refractivity contribution in [2.45, 2.75) is 33.2 Å². The summed E-state index contributed by atoms with van der Waals surface area (Å²) in [5, 5.41) is 7.08. The maximum absolute atomic E-state index is 12.6. The van der Waals surface area contributed by atoms with Crippen molar-refractivity contribution < 1.29 is 4.79 Å². The average Bonchev–Trinajstić information content (AvgIpc) is 2.98. The van der Waals surface area contributed by atoms with Crippen LogP contribution in [0.15, 0.2) is 41.3 Å². The summed E-state index contributed by atoms with van der Waals surface area (Å²) in [5.74, 6) is 1.45. The second-order valence-electron chi connectivity index (χ2n) is 7.45.